The summed E-state index contributed by atoms with van der Waals surface area (Å²) in [6.45, 7) is 1.19. The number of aliphatic hydroxyl groups is 1. The highest BCUT2D eigenvalue weighted by molar-refractivity contribution is 6.44. The largest absolute Gasteiger partial charge is 0.509 e. The Morgan fingerprint density at radius 1 is 1.06 bits per heavy atom. The van der Waals surface area contributed by atoms with Gasteiger partial charge in [0.15, 0.2) is 5.70 Å². The molecule has 0 aromatic heterocycles. The number of aliphatic hydroxyl groups excluding tert-OH is 1. The first kappa shape index (κ1) is 23.2. The number of carbonyl (C=O) groups is 1. The van der Waals surface area contributed by atoms with Gasteiger partial charge in [-0.2, -0.15) is 5.10 Å². The van der Waals surface area contributed by atoms with Gasteiger partial charge in [-0.25, -0.2) is 4.39 Å². The number of fused-ring (bicyclic) bond motifs is 1. The Morgan fingerprint density at radius 2 is 1.79 bits per heavy atom. The molecule has 8 nitrogen and oxygen atoms in total. The Morgan fingerprint density at radius 3 is 2.47 bits per heavy atom. The summed E-state index contributed by atoms with van der Waals surface area (Å²) in [5, 5.41) is 24.6. The van der Waals surface area contributed by atoms with E-state index in [0.29, 0.717) is 36.8 Å². The first-order chi connectivity index (χ1) is 16.5. The number of carbonyl (C=O) groups excluding carboxylic acids is 1. The summed E-state index contributed by atoms with van der Waals surface area (Å²) < 4.78 is 18.9. The zero-order valence-electron chi connectivity index (χ0n) is 18.9. The van der Waals surface area contributed by atoms with Gasteiger partial charge < -0.3 is 14.7 Å². The number of likely N-dealkylation sites (N-methyl/N-ethyl adjacent to an activating group) is 1. The molecule has 1 saturated heterocycles. The second kappa shape index (κ2) is 10.7. The first-order valence-corrected chi connectivity index (χ1v) is 11.0. The first-order valence-electron chi connectivity index (χ1n) is 11.0. The van der Waals surface area contributed by atoms with E-state index in [1.54, 1.807) is 24.1 Å². The van der Waals surface area contributed by atoms with Crippen molar-refractivity contribution in [2.24, 2.45) is 15.3 Å². The second-order valence-electron chi connectivity index (χ2n) is 7.99. The van der Waals surface area contributed by atoms with Crippen LogP contribution in [-0.4, -0.2) is 65.0 Å². The van der Waals surface area contributed by atoms with Crippen LogP contribution in [0, 0.1) is 0 Å². The van der Waals surface area contributed by atoms with Gasteiger partial charge in [0.05, 0.1) is 25.1 Å². The Balaban J connectivity index is 0.000000398. The van der Waals surface area contributed by atoms with Gasteiger partial charge in [-0.05, 0) is 11.6 Å². The number of amides is 1. The molecule has 0 atom stereocenters. The topological polar surface area (TPSA) is 90.1 Å². The van der Waals surface area contributed by atoms with E-state index in [9.17, 15) is 14.3 Å². The fourth-order valence-electron chi connectivity index (χ4n) is 3.58. The highest BCUT2D eigenvalue weighted by atomic mass is 19.1. The third kappa shape index (κ3) is 5.67. The molecule has 0 bridgehead atoms. The lowest BCUT2D eigenvalue weighted by Crippen LogP contribution is -2.47. The molecule has 4 aliphatic rings. The van der Waals surface area contributed by atoms with Gasteiger partial charge in [0.1, 0.15) is 23.9 Å². The van der Waals surface area contributed by atoms with E-state index in [1.165, 1.54) is 11.1 Å². The van der Waals surface area contributed by atoms with Crippen LogP contribution in [0.15, 0.2) is 98.9 Å². The maximum absolute atomic E-state index is 13.3. The van der Waals surface area contributed by atoms with Gasteiger partial charge in [-0.1, -0.05) is 54.6 Å². The third-order valence-corrected chi connectivity index (χ3v) is 5.44. The second-order valence-corrected chi connectivity index (χ2v) is 7.99. The quantitative estimate of drug-likeness (QED) is 0.736. The normalized spacial score (nSPS) is 19.9. The standard InChI is InChI=1S/C19H20FN5O3.C6H6/c1-24-7-8-25-18(19(24)27)16(26)10-14(23-25)15-11-28-17(22-21-15)9-12-3-2-4-13(20)6-5-12;1-2-4-6-5-3-1/h2-3,5-6,26H,4,7-11H2,1H3;1-6H. The van der Waals surface area contributed by atoms with E-state index >= 15 is 0 Å². The van der Waals surface area contributed by atoms with Gasteiger partial charge in [0, 0.05) is 20.0 Å². The molecule has 1 fully saturated rings. The highest BCUT2D eigenvalue weighted by Gasteiger charge is 2.35. The van der Waals surface area contributed by atoms with Crippen LogP contribution in [0.1, 0.15) is 19.3 Å². The van der Waals surface area contributed by atoms with Crippen LogP contribution in [0.4, 0.5) is 4.39 Å². The average molecular weight is 464 g/mol. The molecule has 34 heavy (non-hydrogen) atoms. The Labute approximate surface area is 197 Å². The lowest BCUT2D eigenvalue weighted by molar-refractivity contribution is -0.130. The van der Waals surface area contributed by atoms with E-state index in [0.717, 1.165) is 5.57 Å². The Hall–Kier alpha value is -4.01. The number of halogens is 1. The predicted molar refractivity (Wildman–Crippen MR) is 129 cm³/mol. The fraction of sp³-hybridized carbons (Fsp3) is 0.280. The number of nitrogens with zero attached hydrogens (tertiary/aromatic N) is 5. The van der Waals surface area contributed by atoms with E-state index < -0.39 is 0 Å². The van der Waals surface area contributed by atoms with Crippen LogP contribution in [0.3, 0.4) is 0 Å². The zero-order chi connectivity index (χ0) is 23.9. The zero-order valence-corrected chi connectivity index (χ0v) is 18.9. The third-order valence-electron chi connectivity index (χ3n) is 5.44. The SMILES string of the molecule is CN1CCN2N=C(C3=NN=C(CC4=CC=C(F)CC=C4)OC3)CC(O)=C2C1=O.c1ccccc1. The van der Waals surface area contributed by atoms with Crippen LogP contribution >= 0.6 is 0 Å². The van der Waals surface area contributed by atoms with Crippen molar-refractivity contribution in [2.75, 3.05) is 26.7 Å². The Bertz CT molecular complexity index is 1120. The number of hydrogen-bond donors (Lipinski definition) is 1. The van der Waals surface area contributed by atoms with Crippen molar-refractivity contribution in [3.63, 3.8) is 0 Å². The molecule has 0 saturated carbocycles. The summed E-state index contributed by atoms with van der Waals surface area (Å²) >= 11 is 0. The number of hydrazone groups is 1. The molecule has 0 unspecified atom stereocenters. The molecule has 1 N–H and O–H groups in total. The Kier molecular flexibility index (Phi) is 7.31. The molecule has 0 radical (unpaired) electrons. The van der Waals surface area contributed by atoms with Crippen LogP contribution in [0.2, 0.25) is 0 Å². The summed E-state index contributed by atoms with van der Waals surface area (Å²) in [6.07, 6.45) is 7.53. The predicted octanol–water partition coefficient (Wildman–Crippen LogP) is 3.89. The van der Waals surface area contributed by atoms with Gasteiger partial charge in [0.25, 0.3) is 5.91 Å². The molecule has 5 rings (SSSR count). The summed E-state index contributed by atoms with van der Waals surface area (Å²) in [5.41, 5.74) is 2.13. The fourth-order valence-corrected chi connectivity index (χ4v) is 3.58. The molecule has 3 aliphatic heterocycles. The van der Waals surface area contributed by atoms with Crippen molar-refractivity contribution in [2.45, 2.75) is 19.3 Å². The van der Waals surface area contributed by atoms with E-state index in [1.807, 2.05) is 42.5 Å². The summed E-state index contributed by atoms with van der Waals surface area (Å²) in [6, 6.07) is 12.0. The molecule has 176 valence electrons. The van der Waals surface area contributed by atoms with Gasteiger partial charge >= 0.3 is 0 Å². The summed E-state index contributed by atoms with van der Waals surface area (Å²) in [5.74, 6) is -0.0320. The minimum atomic E-state index is -0.246. The van der Waals surface area contributed by atoms with Crippen molar-refractivity contribution in [1.29, 1.82) is 0 Å². The number of allylic oxidation sites excluding steroid dienone is 6. The number of benzene rings is 1. The molecule has 0 spiro atoms. The number of hydrogen-bond acceptors (Lipinski definition) is 7. The van der Waals surface area contributed by atoms with Crippen molar-refractivity contribution in [1.82, 2.24) is 9.91 Å². The van der Waals surface area contributed by atoms with Gasteiger partial charge in [-0.3, -0.25) is 9.80 Å². The van der Waals surface area contributed by atoms with E-state index in [4.69, 9.17) is 4.74 Å². The van der Waals surface area contributed by atoms with Crippen molar-refractivity contribution >= 4 is 23.2 Å². The lowest BCUT2D eigenvalue weighted by atomic mass is 10.1. The lowest BCUT2D eigenvalue weighted by Gasteiger charge is -2.35. The van der Waals surface area contributed by atoms with Crippen LogP contribution in [0.25, 0.3) is 0 Å². The maximum Gasteiger partial charge on any atom is 0.275 e. The molecule has 1 aliphatic carbocycles. The smallest absolute Gasteiger partial charge is 0.275 e. The van der Waals surface area contributed by atoms with Crippen LogP contribution < -0.4 is 0 Å². The number of rotatable bonds is 3. The minimum Gasteiger partial charge on any atom is -0.509 e. The molecule has 3 heterocycles. The highest BCUT2D eigenvalue weighted by Crippen LogP contribution is 2.25. The van der Waals surface area contributed by atoms with Gasteiger partial charge in [0.2, 0.25) is 5.90 Å². The average Bonchev–Trinajstić information content (AvgIpc) is 3.07. The maximum atomic E-state index is 13.3. The van der Waals surface area contributed by atoms with Crippen molar-refractivity contribution in [3.05, 3.63) is 83.6 Å². The molecular formula is C25H26FN5O3. The van der Waals surface area contributed by atoms with Crippen molar-refractivity contribution in [3.8, 4) is 0 Å². The minimum absolute atomic E-state index is 0.0263. The summed E-state index contributed by atoms with van der Waals surface area (Å²) in [4.78, 5) is 13.8. The summed E-state index contributed by atoms with van der Waals surface area (Å²) in [7, 11) is 1.69. The number of piperazine rings is 1. The number of ether oxygens (including phenoxy) is 1. The van der Waals surface area contributed by atoms with Crippen LogP contribution in [-0.2, 0) is 9.53 Å². The van der Waals surface area contributed by atoms with E-state index in [-0.39, 0.29) is 42.6 Å². The van der Waals surface area contributed by atoms with Crippen molar-refractivity contribution < 1.29 is 19.0 Å². The molecule has 1 amide bonds. The van der Waals surface area contributed by atoms with E-state index in [2.05, 4.69) is 15.3 Å². The molecule has 1 aromatic rings. The van der Waals surface area contributed by atoms with Crippen LogP contribution in [0.5, 0.6) is 0 Å². The monoisotopic (exact) mass is 463 g/mol. The van der Waals surface area contributed by atoms with Gasteiger partial charge in [-0.15, -0.1) is 10.2 Å². The molecule has 1 aromatic carbocycles. The molecular weight excluding hydrogens is 437 g/mol. The molecule has 9 heteroatoms.